The molecule has 0 fully saturated rings. The van der Waals surface area contributed by atoms with E-state index in [4.69, 9.17) is 0 Å². The van der Waals surface area contributed by atoms with Crippen LogP contribution >= 0.6 is 11.8 Å². The summed E-state index contributed by atoms with van der Waals surface area (Å²) in [5.41, 5.74) is 0. The number of hydrogen-bond donors (Lipinski definition) is 0. The van der Waals surface area contributed by atoms with Crippen LogP contribution in [-0.2, 0) is 4.74 Å². The second-order valence-corrected chi connectivity index (χ2v) is 3.05. The molecule has 0 aliphatic heterocycles. The van der Waals surface area contributed by atoms with Gasteiger partial charge in [0, 0.05) is 14.2 Å². The number of rotatable bonds is 0. The van der Waals surface area contributed by atoms with Crippen molar-refractivity contribution in [1.82, 2.24) is 0 Å². The van der Waals surface area contributed by atoms with Gasteiger partial charge in [0.1, 0.15) is 0 Å². The second-order valence-electron chi connectivity index (χ2n) is 2.23. The van der Waals surface area contributed by atoms with Gasteiger partial charge in [-0.3, -0.25) is 0 Å². The Bertz CT molecular complexity index is 18.5. The summed E-state index contributed by atoms with van der Waals surface area (Å²) in [7, 11) is 3.25. The topological polar surface area (TPSA) is 9.23 Å². The lowest BCUT2D eigenvalue weighted by Crippen LogP contribution is -1.55. The van der Waals surface area contributed by atoms with E-state index >= 15 is 0 Å². The van der Waals surface area contributed by atoms with Gasteiger partial charge in [0.15, 0.2) is 0 Å². The summed E-state index contributed by atoms with van der Waals surface area (Å²) >= 11 is 1.75. The summed E-state index contributed by atoms with van der Waals surface area (Å²) in [5.74, 6) is 0. The highest BCUT2D eigenvalue weighted by molar-refractivity contribution is 7.97. The Labute approximate surface area is 106 Å². The first-order valence-corrected chi connectivity index (χ1v) is 6.09. The first-order chi connectivity index (χ1) is 5.66. The lowest BCUT2D eigenvalue weighted by Gasteiger charge is -1.61. The summed E-state index contributed by atoms with van der Waals surface area (Å²) in [6.07, 6.45) is 6.58. The van der Waals surface area contributed by atoms with Gasteiger partial charge in [0.05, 0.1) is 0 Å². The van der Waals surface area contributed by atoms with E-state index in [-0.39, 0.29) is 22.3 Å². The van der Waals surface area contributed by atoms with Gasteiger partial charge in [-0.25, -0.2) is 0 Å². The van der Waals surface area contributed by atoms with Gasteiger partial charge in [0.25, 0.3) is 0 Å². The van der Waals surface area contributed by atoms with Crippen molar-refractivity contribution in [2.24, 2.45) is 0 Å². The predicted octanol–water partition coefficient (Wildman–Crippen LogP) is 5.98. The molecule has 0 saturated carbocycles. The van der Waals surface area contributed by atoms with Crippen LogP contribution < -0.4 is 0 Å². The number of ether oxygens (including phenoxy) is 1. The molecule has 0 saturated heterocycles. The molecular formula is C13H40OS. The highest BCUT2D eigenvalue weighted by Crippen LogP contribution is 1.70. The Hall–Kier alpha value is 0.310. The first kappa shape index (κ1) is 45.4. The van der Waals surface area contributed by atoms with E-state index in [1.54, 1.807) is 26.0 Å². The van der Waals surface area contributed by atoms with Gasteiger partial charge in [-0.15, -0.1) is 0 Å². The van der Waals surface area contributed by atoms with Crippen LogP contribution in [0.15, 0.2) is 0 Å². The minimum Gasteiger partial charge on any atom is -0.388 e. The Kier molecular flexibility index (Phi) is 413. The number of methoxy groups -OCH3 is 1. The van der Waals surface area contributed by atoms with Crippen LogP contribution in [0.2, 0.25) is 0 Å². The largest absolute Gasteiger partial charge is 0.388 e. The van der Waals surface area contributed by atoms with E-state index < -0.39 is 0 Å². The fourth-order valence-corrected chi connectivity index (χ4v) is 0. The summed E-state index contributed by atoms with van der Waals surface area (Å²) < 4.78 is 4.25. The van der Waals surface area contributed by atoms with Gasteiger partial charge in [0.2, 0.25) is 0 Å². The van der Waals surface area contributed by atoms with Crippen molar-refractivity contribution in [3.8, 4) is 0 Å². The predicted molar refractivity (Wildman–Crippen MR) is 84.5 cm³/mol. The van der Waals surface area contributed by atoms with E-state index in [9.17, 15) is 0 Å². The summed E-state index contributed by atoms with van der Waals surface area (Å²) in [5, 5.41) is 0. The molecule has 0 aromatic rings. The fourth-order valence-electron chi connectivity index (χ4n) is 0. The van der Waals surface area contributed by atoms with Crippen LogP contribution in [0, 0.1) is 0 Å². The molecule has 0 aromatic carbocycles. The first-order valence-electron chi connectivity index (χ1n) is 4.46. The van der Waals surface area contributed by atoms with Gasteiger partial charge in [-0.1, -0.05) is 62.8 Å². The van der Waals surface area contributed by atoms with E-state index in [0.29, 0.717) is 0 Å². The highest BCUT2D eigenvalue weighted by atomic mass is 32.2. The molecule has 0 atom stereocenters. The molecular weight excluding hydrogens is 204 g/mol. The second kappa shape index (κ2) is 136. The van der Waals surface area contributed by atoms with Crippen LogP contribution in [0.3, 0.4) is 0 Å². The monoisotopic (exact) mass is 244 g/mol. The maximum atomic E-state index is 4.25. The molecule has 0 aromatic heterocycles. The summed E-state index contributed by atoms with van der Waals surface area (Å²) in [6, 6.07) is 0. The van der Waals surface area contributed by atoms with Crippen molar-refractivity contribution in [3.05, 3.63) is 0 Å². The van der Waals surface area contributed by atoms with Gasteiger partial charge >= 0.3 is 0 Å². The SMILES string of the molecule is C.C.C.CCC.CCC.COC.CSC. The normalized spacial score (nSPS) is 4.80. The maximum absolute atomic E-state index is 4.25. The molecule has 0 unspecified atom stereocenters. The molecule has 0 heterocycles. The third kappa shape index (κ3) is 22600. The molecule has 1 nitrogen and oxygen atoms in total. The standard InChI is InChI=1S/2C3H8.C2H6O.C2H6S.3CH4/c4*1-3-2;;;/h2*3H2,1-2H3;2*1-2H3;3*1H4. The van der Waals surface area contributed by atoms with Crippen LogP contribution in [0.1, 0.15) is 62.8 Å². The highest BCUT2D eigenvalue weighted by Gasteiger charge is 1.36. The van der Waals surface area contributed by atoms with Crippen molar-refractivity contribution in [3.63, 3.8) is 0 Å². The molecule has 0 N–H and O–H groups in total. The molecule has 0 bridgehead atoms. The molecule has 0 spiro atoms. The maximum Gasteiger partial charge on any atom is 0.0351 e. The van der Waals surface area contributed by atoms with E-state index in [1.807, 2.05) is 12.5 Å². The Morgan fingerprint density at radius 2 is 0.733 bits per heavy atom. The van der Waals surface area contributed by atoms with Gasteiger partial charge < -0.3 is 4.74 Å². The quantitative estimate of drug-likeness (QED) is 0.518. The average molecular weight is 245 g/mol. The van der Waals surface area contributed by atoms with Crippen LogP contribution in [0.4, 0.5) is 0 Å². The molecule has 2 heteroatoms. The van der Waals surface area contributed by atoms with E-state index in [1.165, 1.54) is 12.8 Å². The average Bonchev–Trinajstić information content (AvgIpc) is 1.92. The lowest BCUT2D eigenvalue weighted by molar-refractivity contribution is 0.277. The lowest BCUT2D eigenvalue weighted by atomic mass is 10.6. The number of hydrogen-bond acceptors (Lipinski definition) is 2. The fraction of sp³-hybridized carbons (Fsp3) is 1.00. The zero-order valence-electron chi connectivity index (χ0n) is 10.2. The molecule has 15 heavy (non-hydrogen) atoms. The number of thioether (sulfide) groups is 1. The Morgan fingerprint density at radius 1 is 0.733 bits per heavy atom. The van der Waals surface area contributed by atoms with E-state index in [2.05, 4.69) is 32.4 Å². The molecule has 104 valence electrons. The van der Waals surface area contributed by atoms with Crippen LogP contribution in [0.25, 0.3) is 0 Å². The third-order valence-electron chi connectivity index (χ3n) is 0. The smallest absolute Gasteiger partial charge is 0.0351 e. The molecule has 0 amide bonds. The zero-order valence-corrected chi connectivity index (χ0v) is 11.0. The van der Waals surface area contributed by atoms with Crippen molar-refractivity contribution in [2.75, 3.05) is 26.7 Å². The van der Waals surface area contributed by atoms with Crippen molar-refractivity contribution in [2.45, 2.75) is 62.8 Å². The Balaban J connectivity index is -0.0000000107. The van der Waals surface area contributed by atoms with Gasteiger partial charge in [-0.2, -0.15) is 11.8 Å². The zero-order chi connectivity index (χ0) is 10.8. The third-order valence-corrected chi connectivity index (χ3v) is 0. The minimum atomic E-state index is 0. The van der Waals surface area contributed by atoms with Crippen molar-refractivity contribution in [1.29, 1.82) is 0 Å². The van der Waals surface area contributed by atoms with Crippen molar-refractivity contribution < 1.29 is 4.74 Å². The van der Waals surface area contributed by atoms with Crippen LogP contribution in [-0.4, -0.2) is 26.7 Å². The molecule has 0 aliphatic rings. The summed E-state index contributed by atoms with van der Waals surface area (Å²) in [4.78, 5) is 0. The Morgan fingerprint density at radius 3 is 0.733 bits per heavy atom. The molecule has 0 radical (unpaired) electrons. The molecule has 0 rings (SSSR count). The molecule has 0 aliphatic carbocycles. The van der Waals surface area contributed by atoms with E-state index in [0.717, 1.165) is 0 Å². The summed E-state index contributed by atoms with van der Waals surface area (Å²) in [6.45, 7) is 8.50. The van der Waals surface area contributed by atoms with Crippen molar-refractivity contribution >= 4 is 11.8 Å². The minimum absolute atomic E-state index is 0. The van der Waals surface area contributed by atoms with Gasteiger partial charge in [-0.05, 0) is 12.5 Å². The van der Waals surface area contributed by atoms with Crippen LogP contribution in [0.5, 0.6) is 0 Å².